The molecule has 110 valence electrons. The van der Waals surface area contributed by atoms with Crippen LogP contribution in [0.4, 0.5) is 11.4 Å². The maximum absolute atomic E-state index is 11.0. The molecule has 2 N–H and O–H groups in total. The minimum Gasteiger partial charge on any atom is -0.398 e. The number of hydrogen-bond donors (Lipinski definition) is 1. The van der Waals surface area contributed by atoms with Crippen LogP contribution < -0.4 is 5.73 Å². The number of para-hydroxylation sites is 1. The third-order valence-corrected chi connectivity index (χ3v) is 4.27. The van der Waals surface area contributed by atoms with Gasteiger partial charge >= 0.3 is 0 Å². The molecule has 0 aliphatic carbocycles. The van der Waals surface area contributed by atoms with Gasteiger partial charge in [0.15, 0.2) is 0 Å². The first-order chi connectivity index (χ1) is 10.6. The molecular weight excluding hydrogens is 298 g/mol. The van der Waals surface area contributed by atoms with E-state index < -0.39 is 0 Å². The van der Waals surface area contributed by atoms with Gasteiger partial charge in [-0.05, 0) is 19.1 Å². The fourth-order valence-electron chi connectivity index (χ4n) is 2.19. The van der Waals surface area contributed by atoms with Gasteiger partial charge in [-0.1, -0.05) is 24.3 Å². The van der Waals surface area contributed by atoms with Crippen LogP contribution >= 0.6 is 11.3 Å². The van der Waals surface area contributed by atoms with Crippen LogP contribution in [0.15, 0.2) is 47.8 Å². The largest absolute Gasteiger partial charge is 0.398 e. The zero-order valence-electron chi connectivity index (χ0n) is 11.8. The Morgan fingerprint density at radius 1 is 1.23 bits per heavy atom. The number of nitrogen functional groups attached to an aromatic ring is 1. The second kappa shape index (κ2) is 5.57. The summed E-state index contributed by atoms with van der Waals surface area (Å²) in [6, 6.07) is 12.7. The molecule has 0 saturated carbocycles. The van der Waals surface area contributed by atoms with Crippen molar-refractivity contribution in [1.29, 1.82) is 0 Å². The van der Waals surface area contributed by atoms with Gasteiger partial charge in [-0.25, -0.2) is 4.98 Å². The molecule has 0 saturated heterocycles. The maximum atomic E-state index is 11.0. The van der Waals surface area contributed by atoms with Crippen LogP contribution in [0.1, 0.15) is 5.56 Å². The van der Waals surface area contributed by atoms with Crippen molar-refractivity contribution in [2.24, 2.45) is 0 Å². The average molecular weight is 311 g/mol. The van der Waals surface area contributed by atoms with E-state index >= 15 is 0 Å². The van der Waals surface area contributed by atoms with Crippen molar-refractivity contribution in [1.82, 2.24) is 4.98 Å². The van der Waals surface area contributed by atoms with Crippen molar-refractivity contribution in [3.8, 4) is 21.8 Å². The fourth-order valence-corrected chi connectivity index (χ4v) is 3.06. The van der Waals surface area contributed by atoms with E-state index in [2.05, 4.69) is 4.98 Å². The Morgan fingerprint density at radius 3 is 2.73 bits per heavy atom. The summed E-state index contributed by atoms with van der Waals surface area (Å²) in [6.45, 7) is 1.72. The summed E-state index contributed by atoms with van der Waals surface area (Å²) in [4.78, 5) is 15.2. The molecule has 0 aliphatic heterocycles. The van der Waals surface area contributed by atoms with Crippen molar-refractivity contribution in [2.45, 2.75) is 6.92 Å². The van der Waals surface area contributed by atoms with Crippen LogP contribution in [-0.2, 0) is 0 Å². The summed E-state index contributed by atoms with van der Waals surface area (Å²) in [7, 11) is 0. The lowest BCUT2D eigenvalue weighted by Gasteiger charge is -2.01. The van der Waals surface area contributed by atoms with E-state index in [0.29, 0.717) is 16.9 Å². The second-order valence-corrected chi connectivity index (χ2v) is 5.74. The molecule has 1 aromatic heterocycles. The molecular formula is C16H13N3O2S. The maximum Gasteiger partial charge on any atom is 0.272 e. The highest BCUT2D eigenvalue weighted by Crippen LogP contribution is 2.33. The van der Waals surface area contributed by atoms with Crippen molar-refractivity contribution in [3.05, 3.63) is 63.5 Å². The van der Waals surface area contributed by atoms with Crippen molar-refractivity contribution < 1.29 is 4.92 Å². The van der Waals surface area contributed by atoms with Crippen LogP contribution in [-0.4, -0.2) is 9.91 Å². The second-order valence-electron chi connectivity index (χ2n) is 4.88. The lowest BCUT2D eigenvalue weighted by molar-refractivity contribution is -0.385. The van der Waals surface area contributed by atoms with Gasteiger partial charge in [0.1, 0.15) is 5.01 Å². The number of rotatable bonds is 3. The summed E-state index contributed by atoms with van der Waals surface area (Å²) < 4.78 is 0. The minimum atomic E-state index is -0.374. The molecule has 3 aromatic rings. The van der Waals surface area contributed by atoms with Gasteiger partial charge < -0.3 is 5.73 Å². The molecule has 0 radical (unpaired) electrons. The standard InChI is InChI=1S/C16H13N3O2S/c1-10-6-7-11(8-15(10)19(20)21)14-9-22-16(18-14)12-4-2-3-5-13(12)17/h2-9H,17H2,1H3. The Labute approximate surface area is 131 Å². The van der Waals surface area contributed by atoms with Crippen LogP contribution in [0.25, 0.3) is 21.8 Å². The summed E-state index contributed by atoms with van der Waals surface area (Å²) in [5, 5.41) is 13.7. The zero-order chi connectivity index (χ0) is 15.7. The molecule has 22 heavy (non-hydrogen) atoms. The molecule has 0 unspecified atom stereocenters. The first-order valence-electron chi connectivity index (χ1n) is 6.62. The molecule has 0 spiro atoms. The molecule has 6 heteroatoms. The van der Waals surface area contributed by atoms with E-state index in [0.717, 1.165) is 16.1 Å². The predicted octanol–water partition coefficient (Wildman–Crippen LogP) is 4.28. The summed E-state index contributed by atoms with van der Waals surface area (Å²) >= 11 is 1.47. The molecule has 3 rings (SSSR count). The van der Waals surface area contributed by atoms with E-state index in [1.807, 2.05) is 35.7 Å². The fraction of sp³-hybridized carbons (Fsp3) is 0.0625. The number of aromatic nitrogens is 1. The summed E-state index contributed by atoms with van der Waals surface area (Å²) in [6.07, 6.45) is 0. The van der Waals surface area contributed by atoms with Crippen molar-refractivity contribution >= 4 is 22.7 Å². The molecule has 0 aliphatic rings. The number of nitro groups is 1. The van der Waals surface area contributed by atoms with Gasteiger partial charge in [0, 0.05) is 33.8 Å². The highest BCUT2D eigenvalue weighted by molar-refractivity contribution is 7.13. The summed E-state index contributed by atoms with van der Waals surface area (Å²) in [5.74, 6) is 0. The van der Waals surface area contributed by atoms with Crippen molar-refractivity contribution in [3.63, 3.8) is 0 Å². The van der Waals surface area contributed by atoms with Gasteiger partial charge in [0.05, 0.1) is 10.6 Å². The molecule has 0 bridgehead atoms. The van der Waals surface area contributed by atoms with Gasteiger partial charge in [0.2, 0.25) is 0 Å². The normalized spacial score (nSPS) is 10.6. The minimum absolute atomic E-state index is 0.103. The third kappa shape index (κ3) is 2.56. The average Bonchev–Trinajstić information content (AvgIpc) is 2.97. The molecule has 0 amide bonds. The number of nitrogens with two attached hydrogens (primary N) is 1. The molecule has 5 nitrogen and oxygen atoms in total. The molecule has 2 aromatic carbocycles. The van der Waals surface area contributed by atoms with Crippen molar-refractivity contribution in [2.75, 3.05) is 5.73 Å². The third-order valence-electron chi connectivity index (χ3n) is 3.40. The van der Waals surface area contributed by atoms with Crippen LogP contribution in [0, 0.1) is 17.0 Å². The first-order valence-corrected chi connectivity index (χ1v) is 7.50. The monoisotopic (exact) mass is 311 g/mol. The number of nitrogens with zero attached hydrogens (tertiary/aromatic N) is 2. The SMILES string of the molecule is Cc1ccc(-c2csc(-c3ccccc3N)n2)cc1[N+](=O)[O-]. The van der Waals surface area contributed by atoms with E-state index in [1.165, 1.54) is 11.3 Å². The molecule has 1 heterocycles. The lowest BCUT2D eigenvalue weighted by atomic mass is 10.1. The Kier molecular flexibility index (Phi) is 3.60. The van der Waals surface area contributed by atoms with E-state index in [1.54, 1.807) is 19.1 Å². The topological polar surface area (TPSA) is 82.0 Å². The number of thiazole rings is 1. The molecule has 0 fully saturated rings. The van der Waals surface area contributed by atoms with Gasteiger partial charge in [-0.15, -0.1) is 11.3 Å². The lowest BCUT2D eigenvalue weighted by Crippen LogP contribution is -1.92. The Morgan fingerprint density at radius 2 is 2.00 bits per heavy atom. The van der Waals surface area contributed by atoms with Crippen LogP contribution in [0.2, 0.25) is 0 Å². The number of anilines is 1. The predicted molar refractivity (Wildman–Crippen MR) is 88.8 cm³/mol. The Hall–Kier alpha value is -2.73. The number of nitro benzene ring substituents is 1. The summed E-state index contributed by atoms with van der Waals surface area (Å²) in [5.41, 5.74) is 9.69. The van der Waals surface area contributed by atoms with Gasteiger partial charge in [-0.2, -0.15) is 0 Å². The van der Waals surface area contributed by atoms with E-state index in [9.17, 15) is 10.1 Å². The van der Waals surface area contributed by atoms with E-state index in [4.69, 9.17) is 5.73 Å². The van der Waals surface area contributed by atoms with Crippen LogP contribution in [0.3, 0.4) is 0 Å². The Balaban J connectivity index is 2.03. The van der Waals surface area contributed by atoms with Gasteiger partial charge in [-0.3, -0.25) is 10.1 Å². The quantitative estimate of drug-likeness (QED) is 0.445. The number of hydrogen-bond acceptors (Lipinski definition) is 5. The van der Waals surface area contributed by atoms with Crippen LogP contribution in [0.5, 0.6) is 0 Å². The smallest absolute Gasteiger partial charge is 0.272 e. The number of aryl methyl sites for hydroxylation is 1. The highest BCUT2D eigenvalue weighted by atomic mass is 32.1. The first kappa shape index (κ1) is 14.2. The Bertz CT molecular complexity index is 858. The van der Waals surface area contributed by atoms with E-state index in [-0.39, 0.29) is 10.6 Å². The van der Waals surface area contributed by atoms with Gasteiger partial charge in [0.25, 0.3) is 5.69 Å². The molecule has 0 atom stereocenters. The number of benzene rings is 2. The highest BCUT2D eigenvalue weighted by Gasteiger charge is 2.14. The zero-order valence-corrected chi connectivity index (χ0v) is 12.6.